The van der Waals surface area contributed by atoms with Crippen LogP contribution >= 0.6 is 0 Å². The quantitative estimate of drug-likeness (QED) is 0.865. The van der Waals surface area contributed by atoms with Crippen molar-refractivity contribution in [3.63, 3.8) is 0 Å². The van der Waals surface area contributed by atoms with Gasteiger partial charge in [0.25, 0.3) is 0 Å². The van der Waals surface area contributed by atoms with Crippen molar-refractivity contribution in [3.8, 4) is 16.9 Å². The van der Waals surface area contributed by atoms with E-state index in [0.717, 1.165) is 35.3 Å². The summed E-state index contributed by atoms with van der Waals surface area (Å²) in [6, 6.07) is 14.1. The summed E-state index contributed by atoms with van der Waals surface area (Å²) < 4.78 is 5.25. The second kappa shape index (κ2) is 8.29. The number of ether oxygens (including phenoxy) is 1. The Bertz CT molecular complexity index is 723. The highest BCUT2D eigenvalue weighted by Gasteiger charge is 2.15. The number of benzene rings is 2. The van der Waals surface area contributed by atoms with Crippen molar-refractivity contribution in [2.24, 2.45) is 5.92 Å². The Morgan fingerprint density at radius 3 is 2.46 bits per heavy atom. The zero-order chi connectivity index (χ0) is 17.5. The SMILES string of the molecule is CC(C)C=O.COc1cccc(-c2ccc3c(c2)CCC(=O)N3)c1. The molecule has 0 aliphatic carbocycles. The van der Waals surface area contributed by atoms with E-state index in [0.29, 0.717) is 6.42 Å². The number of aryl methyl sites for hydroxylation is 1. The summed E-state index contributed by atoms with van der Waals surface area (Å²) in [5.41, 5.74) is 4.40. The van der Waals surface area contributed by atoms with Crippen molar-refractivity contribution < 1.29 is 14.3 Å². The van der Waals surface area contributed by atoms with Crippen LogP contribution in [0.2, 0.25) is 0 Å². The molecule has 1 aliphatic rings. The summed E-state index contributed by atoms with van der Waals surface area (Å²) in [5, 5.41) is 2.90. The van der Waals surface area contributed by atoms with Crippen LogP contribution in [0.3, 0.4) is 0 Å². The molecule has 0 fully saturated rings. The van der Waals surface area contributed by atoms with Crippen molar-refractivity contribution in [1.82, 2.24) is 0 Å². The first kappa shape index (κ1) is 17.7. The van der Waals surface area contributed by atoms with Gasteiger partial charge in [-0.25, -0.2) is 0 Å². The third-order valence-corrected chi connectivity index (χ3v) is 3.68. The van der Waals surface area contributed by atoms with Crippen LogP contribution in [0.1, 0.15) is 25.8 Å². The van der Waals surface area contributed by atoms with Crippen LogP contribution in [0.5, 0.6) is 5.75 Å². The first-order valence-corrected chi connectivity index (χ1v) is 8.06. The number of hydrogen-bond acceptors (Lipinski definition) is 3. The van der Waals surface area contributed by atoms with Crippen LogP contribution in [0.15, 0.2) is 42.5 Å². The van der Waals surface area contributed by atoms with Crippen molar-refractivity contribution in [1.29, 1.82) is 0 Å². The molecule has 24 heavy (non-hydrogen) atoms. The number of fused-ring (bicyclic) bond motifs is 1. The predicted molar refractivity (Wildman–Crippen MR) is 96.3 cm³/mol. The van der Waals surface area contributed by atoms with Crippen LogP contribution < -0.4 is 10.1 Å². The lowest BCUT2D eigenvalue weighted by Gasteiger charge is -2.17. The summed E-state index contributed by atoms with van der Waals surface area (Å²) in [4.78, 5) is 20.8. The van der Waals surface area contributed by atoms with Gasteiger partial charge in [-0.2, -0.15) is 0 Å². The molecule has 1 amide bonds. The molecule has 0 unspecified atom stereocenters. The highest BCUT2D eigenvalue weighted by atomic mass is 16.5. The lowest BCUT2D eigenvalue weighted by atomic mass is 9.97. The first-order valence-electron chi connectivity index (χ1n) is 8.06. The van der Waals surface area contributed by atoms with Crippen molar-refractivity contribution >= 4 is 17.9 Å². The zero-order valence-corrected chi connectivity index (χ0v) is 14.3. The van der Waals surface area contributed by atoms with Crippen molar-refractivity contribution in [2.75, 3.05) is 12.4 Å². The molecule has 126 valence electrons. The maximum absolute atomic E-state index is 11.3. The zero-order valence-electron chi connectivity index (χ0n) is 14.3. The molecule has 4 nitrogen and oxygen atoms in total. The summed E-state index contributed by atoms with van der Waals surface area (Å²) in [6.07, 6.45) is 2.29. The minimum atomic E-state index is 0.0987. The maximum Gasteiger partial charge on any atom is 0.224 e. The molecule has 3 rings (SSSR count). The number of hydrogen-bond donors (Lipinski definition) is 1. The molecule has 2 aromatic carbocycles. The van der Waals surface area contributed by atoms with Crippen LogP contribution in [0, 0.1) is 5.92 Å². The van der Waals surface area contributed by atoms with E-state index in [1.807, 2.05) is 44.2 Å². The van der Waals surface area contributed by atoms with E-state index in [1.54, 1.807) is 7.11 Å². The average molecular weight is 325 g/mol. The topological polar surface area (TPSA) is 55.4 Å². The molecule has 1 aliphatic heterocycles. The van der Waals surface area contributed by atoms with Gasteiger partial charge in [0.1, 0.15) is 12.0 Å². The van der Waals surface area contributed by atoms with Gasteiger partial charge in [-0.05, 0) is 47.4 Å². The molecule has 0 saturated heterocycles. The van der Waals surface area contributed by atoms with Crippen LogP contribution in [-0.2, 0) is 16.0 Å². The van der Waals surface area contributed by atoms with Crippen LogP contribution in [0.4, 0.5) is 5.69 Å². The molecule has 1 N–H and O–H groups in total. The Kier molecular flexibility index (Phi) is 6.13. The van der Waals surface area contributed by atoms with Crippen molar-refractivity contribution in [3.05, 3.63) is 48.0 Å². The number of anilines is 1. The first-order chi connectivity index (χ1) is 11.5. The van der Waals surface area contributed by atoms with Gasteiger partial charge < -0.3 is 14.8 Å². The minimum Gasteiger partial charge on any atom is -0.497 e. The second-order valence-corrected chi connectivity index (χ2v) is 6.03. The largest absolute Gasteiger partial charge is 0.497 e. The fraction of sp³-hybridized carbons (Fsp3) is 0.300. The predicted octanol–water partition coefficient (Wildman–Crippen LogP) is 4.09. The summed E-state index contributed by atoms with van der Waals surface area (Å²) in [5.74, 6) is 1.15. The monoisotopic (exact) mass is 325 g/mol. The fourth-order valence-corrected chi connectivity index (χ4v) is 2.37. The Balaban J connectivity index is 0.000000368. The number of nitrogens with one attached hydrogen (secondary N) is 1. The summed E-state index contributed by atoms with van der Waals surface area (Å²) in [6.45, 7) is 3.71. The van der Waals surface area contributed by atoms with E-state index < -0.39 is 0 Å². The Morgan fingerprint density at radius 1 is 1.08 bits per heavy atom. The molecule has 0 atom stereocenters. The Morgan fingerprint density at radius 2 is 1.79 bits per heavy atom. The third-order valence-electron chi connectivity index (χ3n) is 3.68. The third kappa shape index (κ3) is 4.69. The van der Waals surface area contributed by atoms with Gasteiger partial charge in [0.2, 0.25) is 5.91 Å². The van der Waals surface area contributed by atoms with E-state index in [4.69, 9.17) is 4.74 Å². The Labute approximate surface area is 142 Å². The molecule has 0 spiro atoms. The standard InChI is InChI=1S/C16H15NO2.C4H8O/c1-19-14-4-2-3-11(10-14)12-5-7-15-13(9-12)6-8-16(18)17-15;1-4(2)3-5/h2-5,7,9-10H,6,8H2,1H3,(H,17,18);3-4H,1-2H3. The van der Waals surface area contributed by atoms with Gasteiger partial charge in [-0.15, -0.1) is 0 Å². The normalized spacial score (nSPS) is 12.6. The molecule has 0 aromatic heterocycles. The molecule has 2 aromatic rings. The molecular weight excluding hydrogens is 302 g/mol. The lowest BCUT2D eigenvalue weighted by Crippen LogP contribution is -2.18. The molecule has 1 heterocycles. The summed E-state index contributed by atoms with van der Waals surface area (Å²) in [7, 11) is 1.67. The Hall–Kier alpha value is -2.62. The molecule has 0 bridgehead atoms. The number of carbonyl (C=O) groups excluding carboxylic acids is 2. The number of amides is 1. The van der Waals surface area contributed by atoms with E-state index in [1.165, 1.54) is 5.56 Å². The maximum atomic E-state index is 11.3. The van der Waals surface area contributed by atoms with E-state index in [9.17, 15) is 9.59 Å². The van der Waals surface area contributed by atoms with Crippen LogP contribution in [0.25, 0.3) is 11.1 Å². The molecule has 0 radical (unpaired) electrons. The minimum absolute atomic E-state index is 0.0987. The van der Waals surface area contributed by atoms with Gasteiger partial charge in [0.05, 0.1) is 7.11 Å². The van der Waals surface area contributed by atoms with Gasteiger partial charge in [-0.3, -0.25) is 4.79 Å². The average Bonchev–Trinajstić information content (AvgIpc) is 2.61. The highest BCUT2D eigenvalue weighted by Crippen LogP contribution is 2.30. The second-order valence-electron chi connectivity index (χ2n) is 6.03. The number of carbonyl (C=O) groups is 2. The van der Waals surface area contributed by atoms with Gasteiger partial charge in [0, 0.05) is 18.0 Å². The van der Waals surface area contributed by atoms with Crippen LogP contribution in [-0.4, -0.2) is 19.3 Å². The molecule has 4 heteroatoms. The van der Waals surface area contributed by atoms with Crippen molar-refractivity contribution in [2.45, 2.75) is 26.7 Å². The van der Waals surface area contributed by atoms with E-state index in [2.05, 4.69) is 17.4 Å². The smallest absolute Gasteiger partial charge is 0.224 e. The van der Waals surface area contributed by atoms with Gasteiger partial charge >= 0.3 is 0 Å². The lowest BCUT2D eigenvalue weighted by molar-refractivity contribution is -0.116. The number of rotatable bonds is 3. The van der Waals surface area contributed by atoms with Gasteiger partial charge in [-0.1, -0.05) is 32.0 Å². The van der Waals surface area contributed by atoms with E-state index >= 15 is 0 Å². The molecular formula is C20H23NO3. The number of aldehydes is 1. The number of methoxy groups -OCH3 is 1. The van der Waals surface area contributed by atoms with Gasteiger partial charge in [0.15, 0.2) is 0 Å². The highest BCUT2D eigenvalue weighted by molar-refractivity contribution is 5.94. The fourth-order valence-electron chi connectivity index (χ4n) is 2.37. The molecule has 0 saturated carbocycles. The van der Waals surface area contributed by atoms with E-state index in [-0.39, 0.29) is 11.8 Å². The summed E-state index contributed by atoms with van der Waals surface area (Å²) >= 11 is 0.